The van der Waals surface area contributed by atoms with Gasteiger partial charge in [0, 0.05) is 49.8 Å². The van der Waals surface area contributed by atoms with E-state index < -0.39 is 60.0 Å². The summed E-state index contributed by atoms with van der Waals surface area (Å²) in [5.74, 6) is 0.708. The van der Waals surface area contributed by atoms with E-state index in [-0.39, 0.29) is 22.3 Å². The number of fused-ring (bicyclic) bond motifs is 6. The van der Waals surface area contributed by atoms with Crippen molar-refractivity contribution in [3.05, 3.63) is 113 Å². The van der Waals surface area contributed by atoms with Gasteiger partial charge in [-0.3, -0.25) is 0 Å². The predicted molar refractivity (Wildman–Crippen MR) is 667 cm³/mol. The Morgan fingerprint density at radius 2 is 0.487 bits per heavy atom. The molecule has 0 aliphatic heterocycles. The molecule has 0 N–H and O–H groups in total. The van der Waals surface area contributed by atoms with E-state index >= 15 is 17.6 Å². The molecule has 10 heterocycles. The van der Waals surface area contributed by atoms with E-state index in [0.29, 0.717) is 67.9 Å². The van der Waals surface area contributed by atoms with Crippen LogP contribution in [0.5, 0.6) is 23.0 Å². The molecule has 26 heteroatoms. The van der Waals surface area contributed by atoms with E-state index in [4.69, 9.17) is 29.1 Å². The molecule has 0 unspecified atom stereocenters. The Kier molecular flexibility index (Phi) is 55.3. The minimum absolute atomic E-state index is 0.184. The molecule has 150 heavy (non-hydrogen) atoms. The van der Waals surface area contributed by atoms with E-state index in [1.165, 1.54) is 379 Å². The molecule has 826 valence electrons. The van der Waals surface area contributed by atoms with Gasteiger partial charge >= 0.3 is 238 Å². The summed E-state index contributed by atoms with van der Waals surface area (Å²) in [6.45, 7) is 22.1. The summed E-state index contributed by atoms with van der Waals surface area (Å²) in [7, 11) is 0. The summed E-state index contributed by atoms with van der Waals surface area (Å²) < 4.78 is 102. The SMILES string of the molecule is CCCCCCCCCCCCCCn1nc2c(-c3ccc(Br)s3)c(F)c(F)c(-c3ccc(Br)s3)c2n1.CCCCCCCCCCCCCCn1nc2c(-c3ccc(C)s3)c(F)c(F)c(-c3ccc(-c4cc5c(OCCCCCCCCCC)c6sc(C)cc6c(OCCCCCCCCCC)c5s4)s3)c2n1.CCCCCCCCCCOc1c2c[c]([Sn]([CH3])([CH3])[CH3])sc2c(OCCCCCCCCCC)c2c[c]([Sn]([CH3])([CH3])[CH3])sc12. The van der Waals surface area contributed by atoms with Crippen molar-refractivity contribution in [2.45, 2.75) is 458 Å². The van der Waals surface area contributed by atoms with Crippen molar-refractivity contribution in [3.8, 4) is 74.5 Å². The van der Waals surface area contributed by atoms with E-state index in [2.05, 4.69) is 150 Å². The fourth-order valence-electron chi connectivity index (χ4n) is 20.2. The standard InChI is InChI=1S/C60H83F2N3O2S4.C30H44O2S2.C28H33Br2F2N3S2.6CH3.2Sn/c1-6-9-12-15-18-21-22-23-24-25-28-31-38-65-63-55-51(48-35-34-43(4)68-48)53(61)54(62)52(56(55)64-65)49-37-36-47(70-49)50-42-46-58(67-40-33-30-27-20-17-14-11-8-3)59-45(41-44(5)69-59)57(60(46)71-50)66-39-32-29-26-19-16-13-10-7-2;1-3-5-7-9-11-13-15-17-21-31-27-25-19-23-34-30(25)28(26-20-24-33-29(26)27)32-22-18-16-14-12-10-8-6-4-2;1-2-3-4-5-6-7-8-9-10-11-12-13-18-35-33-27-23(19-14-16-21(29)36-19)25(31)26(32)24(28(27)34-35)20-15-17-22(30)37-20;;;;;;;;/h34-37,41-42H,6-33,38-40H2,1-5H3;19-20H,3-18,21-22H2,1-2H3;14-17H,2-13,18H2,1H3;6*1H3;;. The number of halogens is 6. The van der Waals surface area contributed by atoms with Gasteiger partial charge in [-0.05, 0) is 132 Å². The number of nitrogens with zero attached hydrogens (tertiary/aromatic N) is 6. The topological polar surface area (TPSA) is 98.3 Å². The van der Waals surface area contributed by atoms with Crippen LogP contribution in [0.4, 0.5) is 17.6 Å². The van der Waals surface area contributed by atoms with Crippen LogP contribution < -0.4 is 24.7 Å². The molecule has 0 atom stereocenters. The average molecular weight is 2550 g/mol. The molecular weight excluding hydrogens is 2370 g/mol. The van der Waals surface area contributed by atoms with Crippen LogP contribution in [0, 0.1) is 37.1 Å². The fourth-order valence-corrected chi connectivity index (χ4v) is 40.0. The first kappa shape index (κ1) is 124. The molecule has 10 nitrogen and oxygen atoms in total. The Bertz CT molecular complexity index is 6010. The van der Waals surface area contributed by atoms with Crippen molar-refractivity contribution in [2.75, 3.05) is 26.4 Å². The van der Waals surface area contributed by atoms with Crippen LogP contribution in [0.2, 0.25) is 29.6 Å². The summed E-state index contributed by atoms with van der Waals surface area (Å²) in [4.78, 5) is 25.4. The van der Waals surface area contributed by atoms with Gasteiger partial charge in [0.25, 0.3) is 0 Å². The summed E-state index contributed by atoms with van der Waals surface area (Å²) in [5.41, 5.74) is 2.41. The second kappa shape index (κ2) is 66.7. The van der Waals surface area contributed by atoms with Gasteiger partial charge < -0.3 is 9.47 Å². The first-order valence-electron chi connectivity index (χ1n) is 58.6. The van der Waals surface area contributed by atoms with Crippen molar-refractivity contribution in [1.82, 2.24) is 30.0 Å². The van der Waals surface area contributed by atoms with Crippen molar-refractivity contribution in [3.63, 3.8) is 0 Å². The van der Waals surface area contributed by atoms with E-state index in [0.717, 1.165) is 130 Å². The third-order valence-electron chi connectivity index (χ3n) is 29.0. The molecule has 14 aromatic rings. The molecule has 10 aromatic heterocycles. The van der Waals surface area contributed by atoms with Gasteiger partial charge in [0.1, 0.15) is 33.6 Å². The molecule has 0 radical (unpaired) electrons. The van der Waals surface area contributed by atoms with E-state index in [9.17, 15) is 0 Å². The average Bonchev–Trinajstić information content (AvgIpc) is 1.61. The maximum atomic E-state index is 16.8. The molecule has 0 aliphatic rings. The van der Waals surface area contributed by atoms with Crippen LogP contribution >= 0.6 is 123 Å². The minimum atomic E-state index is -2.27. The Morgan fingerprint density at radius 3 is 0.767 bits per heavy atom. The van der Waals surface area contributed by atoms with Crippen LogP contribution in [0.15, 0.2) is 80.4 Å². The van der Waals surface area contributed by atoms with Crippen LogP contribution in [0.3, 0.4) is 0 Å². The molecule has 0 saturated heterocycles. The van der Waals surface area contributed by atoms with Gasteiger partial charge in [-0.25, -0.2) is 17.6 Å². The van der Waals surface area contributed by atoms with Crippen molar-refractivity contribution in [1.29, 1.82) is 0 Å². The van der Waals surface area contributed by atoms with E-state index in [1.807, 2.05) is 59.9 Å². The summed E-state index contributed by atoms with van der Waals surface area (Å²) in [6.07, 6.45) is 71.7. The molecule has 0 bridgehead atoms. The zero-order valence-electron chi connectivity index (χ0n) is 93.6. The first-order chi connectivity index (χ1) is 72.9. The summed E-state index contributed by atoms with van der Waals surface area (Å²) in [6, 6.07) is 24.6. The molecule has 0 fully saturated rings. The molecule has 4 aromatic carbocycles. The summed E-state index contributed by atoms with van der Waals surface area (Å²) in [5, 5.41) is 24.0. The molecular formula is C124H178Br2F4N6O4S8Sn2. The molecule has 14 rings (SSSR count). The van der Waals surface area contributed by atoms with Gasteiger partial charge in [-0.1, -0.05) is 298 Å². The third kappa shape index (κ3) is 37.5. The third-order valence-corrected chi connectivity index (χ3v) is 57.9. The number of thiophene rings is 8. The Balaban J connectivity index is 0.000000215. The van der Waals surface area contributed by atoms with Gasteiger partial charge in [0.15, 0.2) is 23.3 Å². The monoisotopic (exact) mass is 2540 g/mol. The molecule has 0 amide bonds. The summed E-state index contributed by atoms with van der Waals surface area (Å²) >= 11 is 15.5. The van der Waals surface area contributed by atoms with Crippen LogP contribution in [0.1, 0.15) is 411 Å². The second-order valence-corrected chi connectivity index (χ2v) is 86.6. The maximum absolute atomic E-state index is 16.8. The fraction of sp³-hybridized carbons (Fsp3) is 0.613. The van der Waals surface area contributed by atoms with Crippen LogP contribution in [-0.4, -0.2) is 93.2 Å². The van der Waals surface area contributed by atoms with Gasteiger partial charge in [0.2, 0.25) is 0 Å². The Hall–Kier alpha value is -4.20. The number of unbranched alkanes of at least 4 members (excludes halogenated alkanes) is 50. The number of aryl methyl sites for hydroxylation is 4. The van der Waals surface area contributed by atoms with Gasteiger partial charge in [-0.15, -0.1) is 68.0 Å². The normalized spacial score (nSPS) is 12.1. The number of hydrogen-bond donors (Lipinski definition) is 0. The zero-order valence-corrected chi connectivity index (χ0v) is 109. The second-order valence-electron chi connectivity index (χ2n) is 44.1. The van der Waals surface area contributed by atoms with Crippen molar-refractivity contribution in [2.24, 2.45) is 0 Å². The zero-order chi connectivity index (χ0) is 107. The Labute approximate surface area is 955 Å². The van der Waals surface area contributed by atoms with Gasteiger partial charge in [-0.2, -0.15) is 30.0 Å². The van der Waals surface area contributed by atoms with E-state index in [1.54, 1.807) is 50.2 Å². The van der Waals surface area contributed by atoms with Gasteiger partial charge in [0.05, 0.1) is 65.5 Å². The van der Waals surface area contributed by atoms with Crippen LogP contribution in [0.25, 0.3) is 114 Å². The number of ether oxygens (including phenoxy) is 4. The number of rotatable bonds is 73. The van der Waals surface area contributed by atoms with Crippen molar-refractivity contribution < 1.29 is 36.5 Å². The molecule has 0 aliphatic carbocycles. The number of aromatic nitrogens is 6. The number of benzene rings is 4. The molecule has 0 spiro atoms. The van der Waals surface area contributed by atoms with Crippen LogP contribution in [-0.2, 0) is 13.1 Å². The predicted octanol–water partition coefficient (Wildman–Crippen LogP) is 45.3. The molecule has 0 saturated carbocycles. The quantitative estimate of drug-likeness (QED) is 0.0211. The number of hydrogen-bond acceptors (Lipinski definition) is 16. The van der Waals surface area contributed by atoms with Crippen molar-refractivity contribution >= 4 is 228 Å². The first-order valence-corrected chi connectivity index (χ1v) is 86.7. The Morgan fingerprint density at radius 1 is 0.247 bits per heavy atom.